The van der Waals surface area contributed by atoms with E-state index in [2.05, 4.69) is 6.07 Å². The van der Waals surface area contributed by atoms with Crippen LogP contribution in [0.2, 0.25) is 0 Å². The summed E-state index contributed by atoms with van der Waals surface area (Å²) in [4.78, 5) is 0. The summed E-state index contributed by atoms with van der Waals surface area (Å²) < 4.78 is 23.7. The Morgan fingerprint density at radius 1 is 1.38 bits per heavy atom. The lowest BCUT2D eigenvalue weighted by Gasteiger charge is -1.84. The van der Waals surface area contributed by atoms with E-state index in [1.165, 1.54) is 6.07 Å². The standard InChI is InChI=1S/C6H2F2/c7-5-3-1-2-4-6(5)8/h1,4H. The first-order chi connectivity index (χ1) is 3.80. The average molecular weight is 112 g/mol. The Labute approximate surface area is 45.8 Å². The molecule has 0 N–H and O–H groups in total. The lowest BCUT2D eigenvalue weighted by Crippen LogP contribution is -1.78. The predicted octanol–water partition coefficient (Wildman–Crippen LogP) is 1.57. The van der Waals surface area contributed by atoms with Crippen LogP contribution in [0.25, 0.3) is 0 Å². The number of halogens is 2. The van der Waals surface area contributed by atoms with E-state index in [1.54, 1.807) is 0 Å². The smallest absolute Gasteiger partial charge is 0.166 e. The topological polar surface area (TPSA) is 0 Å². The third kappa shape index (κ3) is 0.832. The fourth-order valence-electron chi connectivity index (χ4n) is 0.352. The highest BCUT2D eigenvalue weighted by Crippen LogP contribution is 2.00. The summed E-state index contributed by atoms with van der Waals surface area (Å²) >= 11 is 0. The van der Waals surface area contributed by atoms with Crippen molar-refractivity contribution in [3.05, 3.63) is 35.9 Å². The number of rotatable bonds is 0. The Balaban J connectivity index is 3.13. The monoisotopic (exact) mass is 112 g/mol. The highest BCUT2D eigenvalue weighted by molar-refractivity contribution is 5.02. The van der Waals surface area contributed by atoms with Gasteiger partial charge in [-0.1, -0.05) is 0 Å². The van der Waals surface area contributed by atoms with Crippen LogP contribution in [0, 0.1) is 23.8 Å². The van der Waals surface area contributed by atoms with Crippen LogP contribution >= 0.6 is 0 Å². The van der Waals surface area contributed by atoms with Gasteiger partial charge in [-0.3, -0.25) is 0 Å². The molecule has 0 saturated carbocycles. The molecule has 0 unspecified atom stereocenters. The molecule has 0 spiro atoms. The predicted molar refractivity (Wildman–Crippen MR) is 24.0 cm³/mol. The van der Waals surface area contributed by atoms with Gasteiger partial charge in [-0.15, -0.1) is 0 Å². The third-order valence-corrected chi connectivity index (χ3v) is 0.702. The SMILES string of the molecule is Fc1[c]c[c]cc1F. The molecule has 0 aliphatic rings. The van der Waals surface area contributed by atoms with E-state index in [4.69, 9.17) is 0 Å². The highest BCUT2D eigenvalue weighted by atomic mass is 19.2. The van der Waals surface area contributed by atoms with Crippen molar-refractivity contribution >= 4 is 0 Å². The Hall–Kier alpha value is -0.920. The van der Waals surface area contributed by atoms with Crippen LogP contribution in [0.15, 0.2) is 12.1 Å². The molecule has 0 heterocycles. The van der Waals surface area contributed by atoms with Gasteiger partial charge in [0, 0.05) is 6.07 Å². The molecule has 0 saturated heterocycles. The molecule has 0 aromatic heterocycles. The normalized spacial score (nSPS) is 9.25. The molecular weight excluding hydrogens is 110 g/mol. The van der Waals surface area contributed by atoms with Gasteiger partial charge in [0.05, 0.1) is 0 Å². The number of hydrogen-bond donors (Lipinski definition) is 0. The fraction of sp³-hybridized carbons (Fsp3) is 0. The van der Waals surface area contributed by atoms with E-state index in [9.17, 15) is 8.78 Å². The van der Waals surface area contributed by atoms with E-state index in [0.29, 0.717) is 0 Å². The van der Waals surface area contributed by atoms with E-state index < -0.39 is 11.6 Å². The van der Waals surface area contributed by atoms with E-state index in [-0.39, 0.29) is 0 Å². The Bertz CT molecular complexity index is 163. The van der Waals surface area contributed by atoms with Gasteiger partial charge < -0.3 is 0 Å². The van der Waals surface area contributed by atoms with Gasteiger partial charge in [0.15, 0.2) is 11.6 Å². The minimum atomic E-state index is -0.955. The van der Waals surface area contributed by atoms with Crippen LogP contribution in [0.3, 0.4) is 0 Å². The quantitative estimate of drug-likeness (QED) is 0.477. The number of hydrogen-bond acceptors (Lipinski definition) is 0. The van der Waals surface area contributed by atoms with Crippen molar-refractivity contribution in [1.29, 1.82) is 0 Å². The fourth-order valence-corrected chi connectivity index (χ4v) is 0.352. The largest absolute Gasteiger partial charge is 0.204 e. The molecule has 2 heteroatoms. The van der Waals surface area contributed by atoms with Gasteiger partial charge in [0.1, 0.15) is 0 Å². The molecule has 8 heavy (non-hydrogen) atoms. The average Bonchev–Trinajstić information content (AvgIpc) is 1.77. The Morgan fingerprint density at radius 2 is 2.12 bits per heavy atom. The van der Waals surface area contributed by atoms with Crippen LogP contribution in [-0.2, 0) is 0 Å². The van der Waals surface area contributed by atoms with Crippen molar-refractivity contribution in [2.45, 2.75) is 0 Å². The van der Waals surface area contributed by atoms with E-state index >= 15 is 0 Å². The van der Waals surface area contributed by atoms with Gasteiger partial charge >= 0.3 is 0 Å². The maximum absolute atomic E-state index is 11.9. The summed E-state index contributed by atoms with van der Waals surface area (Å²) in [5.41, 5.74) is 0. The zero-order valence-corrected chi connectivity index (χ0v) is 3.91. The summed E-state index contributed by atoms with van der Waals surface area (Å²) in [6, 6.07) is 6.45. The van der Waals surface area contributed by atoms with Crippen molar-refractivity contribution in [2.75, 3.05) is 0 Å². The molecule has 1 rings (SSSR count). The second-order valence-electron chi connectivity index (χ2n) is 1.26. The van der Waals surface area contributed by atoms with Crippen LogP contribution in [0.1, 0.15) is 0 Å². The van der Waals surface area contributed by atoms with Crippen molar-refractivity contribution < 1.29 is 8.78 Å². The molecule has 1 aromatic rings. The van der Waals surface area contributed by atoms with Crippen molar-refractivity contribution in [3.8, 4) is 0 Å². The van der Waals surface area contributed by atoms with Crippen LogP contribution in [0.5, 0.6) is 0 Å². The van der Waals surface area contributed by atoms with Crippen LogP contribution in [-0.4, -0.2) is 0 Å². The van der Waals surface area contributed by atoms with Crippen molar-refractivity contribution in [1.82, 2.24) is 0 Å². The summed E-state index contributed by atoms with van der Waals surface area (Å²) in [5.74, 6) is -1.86. The number of benzene rings is 1. The zero-order valence-electron chi connectivity index (χ0n) is 3.91. The molecule has 2 radical (unpaired) electrons. The summed E-state index contributed by atoms with van der Waals surface area (Å²) in [6.07, 6.45) is 0. The second kappa shape index (κ2) is 1.90. The molecule has 1 aromatic carbocycles. The summed E-state index contributed by atoms with van der Waals surface area (Å²) in [5, 5.41) is 0. The summed E-state index contributed by atoms with van der Waals surface area (Å²) in [6.45, 7) is 0. The maximum atomic E-state index is 11.9. The van der Waals surface area contributed by atoms with Gasteiger partial charge in [-0.25, -0.2) is 8.78 Å². The second-order valence-corrected chi connectivity index (χ2v) is 1.26. The third-order valence-electron chi connectivity index (χ3n) is 0.702. The minimum absolute atomic E-state index is 0.910. The summed E-state index contributed by atoms with van der Waals surface area (Å²) in [7, 11) is 0. The van der Waals surface area contributed by atoms with E-state index in [0.717, 1.165) is 6.07 Å². The molecule has 0 bridgehead atoms. The minimum Gasteiger partial charge on any atom is -0.204 e. The lowest BCUT2D eigenvalue weighted by atomic mass is 10.3. The van der Waals surface area contributed by atoms with Gasteiger partial charge in [-0.2, -0.15) is 0 Å². The molecule has 0 amide bonds. The molecule has 0 fully saturated rings. The Morgan fingerprint density at radius 3 is 2.50 bits per heavy atom. The van der Waals surface area contributed by atoms with Crippen LogP contribution < -0.4 is 0 Å². The maximum Gasteiger partial charge on any atom is 0.166 e. The van der Waals surface area contributed by atoms with E-state index in [1.807, 2.05) is 6.07 Å². The molecule has 0 aliphatic carbocycles. The highest BCUT2D eigenvalue weighted by Gasteiger charge is 1.94. The zero-order chi connectivity index (χ0) is 5.98. The van der Waals surface area contributed by atoms with Gasteiger partial charge in [0.25, 0.3) is 0 Å². The van der Waals surface area contributed by atoms with Crippen molar-refractivity contribution in [3.63, 3.8) is 0 Å². The molecule has 0 aliphatic heterocycles. The molecule has 0 nitrogen and oxygen atoms in total. The molecule has 40 valence electrons. The lowest BCUT2D eigenvalue weighted by molar-refractivity contribution is 0.507. The van der Waals surface area contributed by atoms with Crippen LogP contribution in [0.4, 0.5) is 8.78 Å². The first kappa shape index (κ1) is 5.22. The van der Waals surface area contributed by atoms with Gasteiger partial charge in [0.2, 0.25) is 0 Å². The molecule has 0 atom stereocenters. The first-order valence-electron chi connectivity index (χ1n) is 2.03. The van der Waals surface area contributed by atoms with Gasteiger partial charge in [-0.05, 0) is 18.2 Å². The first-order valence-corrected chi connectivity index (χ1v) is 2.03. The van der Waals surface area contributed by atoms with Crippen molar-refractivity contribution in [2.24, 2.45) is 0 Å². The molecular formula is C6H2F2. The Kier molecular flexibility index (Phi) is 1.24.